The highest BCUT2D eigenvalue weighted by Gasteiger charge is 2.08. The fraction of sp³-hybridized carbons (Fsp3) is 0.278. The maximum atomic E-state index is 13.1. The second-order valence-corrected chi connectivity index (χ2v) is 5.07. The molecule has 21 heavy (non-hydrogen) atoms. The lowest BCUT2D eigenvalue weighted by Crippen LogP contribution is -2.12. The van der Waals surface area contributed by atoms with Crippen LogP contribution in [-0.2, 0) is 6.42 Å². The third kappa shape index (κ3) is 4.15. The predicted molar refractivity (Wildman–Crippen MR) is 81.4 cm³/mol. The van der Waals surface area contributed by atoms with Crippen molar-refractivity contribution in [3.8, 4) is 5.75 Å². The first kappa shape index (κ1) is 15.2. The Bertz CT molecular complexity index is 618. The Morgan fingerprint density at radius 2 is 1.86 bits per heavy atom. The largest absolute Gasteiger partial charge is 0.485 e. The van der Waals surface area contributed by atoms with E-state index in [2.05, 4.69) is 6.92 Å². The van der Waals surface area contributed by atoms with E-state index in [1.807, 2.05) is 31.2 Å². The van der Waals surface area contributed by atoms with Crippen LogP contribution in [0.3, 0.4) is 0 Å². The fourth-order valence-corrected chi connectivity index (χ4v) is 2.10. The Balaban J connectivity index is 1.99. The first-order valence-corrected chi connectivity index (χ1v) is 7.11. The maximum absolute atomic E-state index is 13.1. The SMILES string of the molecule is CCCc1ccc(C(=O)COc2cc(F)ccc2C)cc1. The zero-order chi connectivity index (χ0) is 15.2. The molecule has 0 aliphatic carbocycles. The number of aryl methyl sites for hydroxylation is 2. The molecule has 0 unspecified atom stereocenters. The molecule has 0 aliphatic rings. The second-order valence-electron chi connectivity index (χ2n) is 5.07. The van der Waals surface area contributed by atoms with E-state index in [0.717, 1.165) is 18.4 Å². The second kappa shape index (κ2) is 7.02. The van der Waals surface area contributed by atoms with Gasteiger partial charge in [-0.15, -0.1) is 0 Å². The van der Waals surface area contributed by atoms with E-state index in [0.29, 0.717) is 11.3 Å². The minimum atomic E-state index is -0.369. The molecular formula is C18H19FO2. The molecule has 0 saturated heterocycles. The number of benzene rings is 2. The van der Waals surface area contributed by atoms with Crippen LogP contribution in [0.15, 0.2) is 42.5 Å². The molecule has 0 radical (unpaired) electrons. The molecule has 0 spiro atoms. The fourth-order valence-electron chi connectivity index (χ4n) is 2.10. The number of carbonyl (C=O) groups excluding carboxylic acids is 1. The number of hydrogen-bond acceptors (Lipinski definition) is 2. The van der Waals surface area contributed by atoms with Crippen LogP contribution in [0.5, 0.6) is 5.75 Å². The number of halogens is 1. The van der Waals surface area contributed by atoms with Crippen molar-refractivity contribution in [2.24, 2.45) is 0 Å². The maximum Gasteiger partial charge on any atom is 0.200 e. The number of rotatable bonds is 6. The van der Waals surface area contributed by atoms with Crippen LogP contribution in [0.4, 0.5) is 4.39 Å². The van der Waals surface area contributed by atoms with Gasteiger partial charge in [0, 0.05) is 11.6 Å². The molecule has 2 rings (SSSR count). The average Bonchev–Trinajstić information content (AvgIpc) is 2.49. The normalized spacial score (nSPS) is 10.4. The van der Waals surface area contributed by atoms with Crippen LogP contribution in [0, 0.1) is 12.7 Å². The van der Waals surface area contributed by atoms with Gasteiger partial charge in [0.2, 0.25) is 0 Å². The van der Waals surface area contributed by atoms with Crippen LogP contribution >= 0.6 is 0 Å². The first-order chi connectivity index (χ1) is 10.1. The molecule has 0 atom stereocenters. The summed E-state index contributed by atoms with van der Waals surface area (Å²) in [5, 5.41) is 0. The summed E-state index contributed by atoms with van der Waals surface area (Å²) >= 11 is 0. The minimum absolute atomic E-state index is 0.0859. The molecule has 2 nitrogen and oxygen atoms in total. The Kier molecular flexibility index (Phi) is 5.09. The topological polar surface area (TPSA) is 26.3 Å². The number of ether oxygens (including phenoxy) is 1. The Hall–Kier alpha value is -2.16. The van der Waals surface area contributed by atoms with Gasteiger partial charge >= 0.3 is 0 Å². The van der Waals surface area contributed by atoms with Crippen LogP contribution in [0.25, 0.3) is 0 Å². The van der Waals surface area contributed by atoms with Crippen LogP contribution in [0.1, 0.15) is 34.8 Å². The smallest absolute Gasteiger partial charge is 0.200 e. The lowest BCUT2D eigenvalue weighted by molar-refractivity contribution is 0.0921. The van der Waals surface area contributed by atoms with E-state index in [1.54, 1.807) is 6.07 Å². The van der Waals surface area contributed by atoms with Gasteiger partial charge in [0.1, 0.15) is 11.6 Å². The van der Waals surface area contributed by atoms with Gasteiger partial charge in [-0.05, 0) is 30.5 Å². The molecule has 110 valence electrons. The summed E-state index contributed by atoms with van der Waals surface area (Å²) in [5.41, 5.74) is 2.64. The summed E-state index contributed by atoms with van der Waals surface area (Å²) in [7, 11) is 0. The molecule has 0 N–H and O–H groups in total. The first-order valence-electron chi connectivity index (χ1n) is 7.11. The van der Waals surface area contributed by atoms with E-state index in [9.17, 15) is 9.18 Å². The van der Waals surface area contributed by atoms with Gasteiger partial charge in [0.15, 0.2) is 12.4 Å². The molecule has 2 aromatic rings. The highest BCUT2D eigenvalue weighted by Crippen LogP contribution is 2.19. The summed E-state index contributed by atoms with van der Waals surface area (Å²) < 4.78 is 18.6. The van der Waals surface area contributed by atoms with Crippen molar-refractivity contribution >= 4 is 5.78 Å². The molecule has 0 amide bonds. The van der Waals surface area contributed by atoms with Crippen molar-refractivity contribution < 1.29 is 13.9 Å². The summed E-state index contributed by atoms with van der Waals surface area (Å²) in [5.74, 6) is -0.0698. The Morgan fingerprint density at radius 3 is 2.52 bits per heavy atom. The number of Topliss-reactive ketones (excluding diaryl/α,β-unsaturated/α-hetero) is 1. The molecule has 0 aliphatic heterocycles. The molecule has 0 saturated carbocycles. The van der Waals surface area contributed by atoms with Gasteiger partial charge in [-0.2, -0.15) is 0 Å². The van der Waals surface area contributed by atoms with Gasteiger partial charge in [-0.3, -0.25) is 4.79 Å². The van der Waals surface area contributed by atoms with Gasteiger partial charge in [0.05, 0.1) is 0 Å². The molecule has 0 aromatic heterocycles. The third-order valence-electron chi connectivity index (χ3n) is 3.32. The highest BCUT2D eigenvalue weighted by molar-refractivity contribution is 5.97. The minimum Gasteiger partial charge on any atom is -0.485 e. The van der Waals surface area contributed by atoms with E-state index in [4.69, 9.17) is 4.74 Å². The monoisotopic (exact) mass is 286 g/mol. The van der Waals surface area contributed by atoms with Crippen LogP contribution < -0.4 is 4.74 Å². The zero-order valence-corrected chi connectivity index (χ0v) is 12.4. The summed E-state index contributed by atoms with van der Waals surface area (Å²) in [4.78, 5) is 12.1. The van der Waals surface area contributed by atoms with Crippen LogP contribution in [-0.4, -0.2) is 12.4 Å². The Morgan fingerprint density at radius 1 is 1.14 bits per heavy atom. The van der Waals surface area contributed by atoms with E-state index < -0.39 is 0 Å². The molecule has 0 bridgehead atoms. The standard InChI is InChI=1S/C18H19FO2/c1-3-4-14-6-8-15(9-7-14)17(20)12-21-18-11-16(19)10-5-13(18)2/h5-11H,3-4,12H2,1-2H3. The van der Waals surface area contributed by atoms with Crippen molar-refractivity contribution in [2.75, 3.05) is 6.61 Å². The zero-order valence-electron chi connectivity index (χ0n) is 12.4. The van der Waals surface area contributed by atoms with Gasteiger partial charge in [-0.1, -0.05) is 43.7 Å². The van der Waals surface area contributed by atoms with E-state index >= 15 is 0 Å². The highest BCUT2D eigenvalue weighted by atomic mass is 19.1. The quantitative estimate of drug-likeness (QED) is 0.738. The molecular weight excluding hydrogens is 267 g/mol. The van der Waals surface area contributed by atoms with E-state index in [1.165, 1.54) is 17.7 Å². The van der Waals surface area contributed by atoms with Crippen LogP contribution in [0.2, 0.25) is 0 Å². The molecule has 2 aromatic carbocycles. The van der Waals surface area contributed by atoms with Gasteiger partial charge < -0.3 is 4.74 Å². The van der Waals surface area contributed by atoms with Crippen molar-refractivity contribution in [2.45, 2.75) is 26.7 Å². The number of carbonyl (C=O) groups is 1. The number of hydrogen-bond donors (Lipinski definition) is 0. The van der Waals surface area contributed by atoms with Crippen molar-refractivity contribution in [1.82, 2.24) is 0 Å². The predicted octanol–water partition coefficient (Wildman–Crippen LogP) is 4.35. The van der Waals surface area contributed by atoms with Gasteiger partial charge in [0.25, 0.3) is 0 Å². The average molecular weight is 286 g/mol. The third-order valence-corrected chi connectivity index (χ3v) is 3.32. The van der Waals surface area contributed by atoms with Crippen molar-refractivity contribution in [1.29, 1.82) is 0 Å². The van der Waals surface area contributed by atoms with E-state index in [-0.39, 0.29) is 18.2 Å². The van der Waals surface area contributed by atoms with Crippen molar-refractivity contribution in [3.05, 3.63) is 65.0 Å². The van der Waals surface area contributed by atoms with Crippen molar-refractivity contribution in [3.63, 3.8) is 0 Å². The number of ketones is 1. The molecule has 0 fully saturated rings. The summed E-state index contributed by atoms with van der Waals surface area (Å²) in [6.07, 6.45) is 2.09. The van der Waals surface area contributed by atoms with Gasteiger partial charge in [-0.25, -0.2) is 4.39 Å². The lowest BCUT2D eigenvalue weighted by Gasteiger charge is -2.09. The molecule has 3 heteroatoms. The Labute approximate surface area is 124 Å². The molecule has 0 heterocycles. The summed E-state index contributed by atoms with van der Waals surface area (Å²) in [6.45, 7) is 3.85. The lowest BCUT2D eigenvalue weighted by atomic mass is 10.1. The summed E-state index contributed by atoms with van der Waals surface area (Å²) in [6, 6.07) is 11.9.